The highest BCUT2D eigenvalue weighted by Gasteiger charge is 2.57. The van der Waals surface area contributed by atoms with E-state index in [4.69, 9.17) is 0 Å². The van der Waals surface area contributed by atoms with Crippen LogP contribution in [0.25, 0.3) is 0 Å². The second-order valence-electron chi connectivity index (χ2n) is 4.51. The van der Waals surface area contributed by atoms with Crippen LogP contribution < -0.4 is 0 Å². The van der Waals surface area contributed by atoms with E-state index in [0.29, 0.717) is 0 Å². The Morgan fingerprint density at radius 1 is 1.12 bits per heavy atom. The molecule has 0 spiro atoms. The highest BCUT2D eigenvalue weighted by Crippen LogP contribution is 2.43. The summed E-state index contributed by atoms with van der Waals surface area (Å²) in [5, 5.41) is 0. The van der Waals surface area contributed by atoms with Crippen LogP contribution in [0.2, 0.25) is 0 Å². The van der Waals surface area contributed by atoms with Gasteiger partial charge in [0.05, 0.1) is 0 Å². The SMILES string of the molecule is CC(C)C(=O)[C@@](C)(c1ccccc1)C(F)(F)F. The van der Waals surface area contributed by atoms with Crippen LogP contribution >= 0.6 is 0 Å². The molecule has 1 aromatic rings. The lowest BCUT2D eigenvalue weighted by atomic mass is 9.74. The monoisotopic (exact) mass is 244 g/mol. The lowest BCUT2D eigenvalue weighted by Gasteiger charge is -2.32. The van der Waals surface area contributed by atoms with E-state index in [1.165, 1.54) is 38.1 Å². The molecule has 0 aliphatic heterocycles. The lowest BCUT2D eigenvalue weighted by molar-refractivity contribution is -0.191. The number of carbonyl (C=O) groups is 1. The van der Waals surface area contributed by atoms with Crippen LogP contribution in [0.4, 0.5) is 13.2 Å². The van der Waals surface area contributed by atoms with E-state index >= 15 is 0 Å². The minimum Gasteiger partial charge on any atom is -0.298 e. The normalized spacial score (nSPS) is 15.7. The van der Waals surface area contributed by atoms with Crippen molar-refractivity contribution in [2.24, 2.45) is 5.92 Å². The molecule has 0 heterocycles. The van der Waals surface area contributed by atoms with Gasteiger partial charge in [0.15, 0.2) is 5.78 Å². The van der Waals surface area contributed by atoms with E-state index < -0.39 is 23.3 Å². The third-order valence-electron chi connectivity index (χ3n) is 2.94. The Morgan fingerprint density at radius 2 is 1.59 bits per heavy atom. The molecule has 1 rings (SSSR count). The number of ketones is 1. The molecule has 0 N–H and O–H groups in total. The van der Waals surface area contributed by atoms with Crippen molar-refractivity contribution in [1.82, 2.24) is 0 Å². The molecular weight excluding hydrogens is 229 g/mol. The second kappa shape index (κ2) is 4.51. The van der Waals surface area contributed by atoms with Crippen LogP contribution in [0, 0.1) is 5.92 Å². The summed E-state index contributed by atoms with van der Waals surface area (Å²) in [6.07, 6.45) is -4.59. The van der Waals surface area contributed by atoms with Crippen molar-refractivity contribution in [1.29, 1.82) is 0 Å². The molecule has 0 fully saturated rings. The number of rotatable bonds is 3. The Bertz CT molecular complexity index is 395. The smallest absolute Gasteiger partial charge is 0.298 e. The molecule has 0 bridgehead atoms. The van der Waals surface area contributed by atoms with E-state index in [-0.39, 0.29) is 5.56 Å². The maximum Gasteiger partial charge on any atom is 0.405 e. The number of alkyl halides is 3. The zero-order valence-electron chi connectivity index (χ0n) is 10.0. The zero-order valence-corrected chi connectivity index (χ0v) is 10.0. The van der Waals surface area contributed by atoms with Gasteiger partial charge < -0.3 is 0 Å². The molecule has 0 amide bonds. The van der Waals surface area contributed by atoms with Gasteiger partial charge in [-0.25, -0.2) is 0 Å². The van der Waals surface area contributed by atoms with Crippen molar-refractivity contribution in [3.63, 3.8) is 0 Å². The summed E-state index contributed by atoms with van der Waals surface area (Å²) in [4.78, 5) is 11.9. The van der Waals surface area contributed by atoms with Crippen molar-refractivity contribution in [2.75, 3.05) is 0 Å². The summed E-state index contributed by atoms with van der Waals surface area (Å²) in [5.74, 6) is -1.47. The van der Waals surface area contributed by atoms with E-state index in [1.54, 1.807) is 6.07 Å². The minimum absolute atomic E-state index is 0.00815. The Hall–Kier alpha value is -1.32. The predicted molar refractivity (Wildman–Crippen MR) is 59.7 cm³/mol. The summed E-state index contributed by atoms with van der Waals surface area (Å²) < 4.78 is 39.5. The Balaban J connectivity index is 3.36. The highest BCUT2D eigenvalue weighted by atomic mass is 19.4. The summed E-state index contributed by atoms with van der Waals surface area (Å²) in [7, 11) is 0. The quantitative estimate of drug-likeness (QED) is 0.791. The predicted octanol–water partition coefficient (Wildman–Crippen LogP) is 3.73. The van der Waals surface area contributed by atoms with Crippen molar-refractivity contribution in [3.05, 3.63) is 35.9 Å². The molecule has 1 aromatic carbocycles. The number of halogens is 3. The van der Waals surface area contributed by atoms with Crippen molar-refractivity contribution >= 4 is 5.78 Å². The second-order valence-corrected chi connectivity index (χ2v) is 4.51. The van der Waals surface area contributed by atoms with Gasteiger partial charge in [0.25, 0.3) is 0 Å². The molecule has 0 aliphatic carbocycles. The number of benzene rings is 1. The number of hydrogen-bond acceptors (Lipinski definition) is 1. The number of carbonyl (C=O) groups excluding carboxylic acids is 1. The van der Waals surface area contributed by atoms with Crippen molar-refractivity contribution < 1.29 is 18.0 Å². The fourth-order valence-corrected chi connectivity index (χ4v) is 1.79. The maximum absolute atomic E-state index is 13.2. The Kier molecular flexibility index (Phi) is 3.65. The summed E-state index contributed by atoms with van der Waals surface area (Å²) in [6, 6.07) is 7.32. The van der Waals surface area contributed by atoms with E-state index in [1.807, 2.05) is 0 Å². The molecule has 94 valence electrons. The molecule has 4 heteroatoms. The van der Waals surface area contributed by atoms with Gasteiger partial charge in [-0.2, -0.15) is 13.2 Å². The number of hydrogen-bond donors (Lipinski definition) is 0. The van der Waals surface area contributed by atoms with Gasteiger partial charge in [0, 0.05) is 5.92 Å². The topological polar surface area (TPSA) is 17.1 Å². The molecule has 1 nitrogen and oxygen atoms in total. The van der Waals surface area contributed by atoms with Crippen LogP contribution in [0.1, 0.15) is 26.3 Å². The van der Waals surface area contributed by atoms with Crippen LogP contribution in [0.3, 0.4) is 0 Å². The average molecular weight is 244 g/mol. The summed E-state index contributed by atoms with van der Waals surface area (Å²) in [6.45, 7) is 3.91. The molecule has 0 radical (unpaired) electrons. The van der Waals surface area contributed by atoms with Crippen LogP contribution in [0.5, 0.6) is 0 Å². The Labute approximate surface area is 98.6 Å². The average Bonchev–Trinajstić information content (AvgIpc) is 2.26. The van der Waals surface area contributed by atoms with E-state index in [0.717, 1.165) is 6.92 Å². The minimum atomic E-state index is -4.59. The maximum atomic E-state index is 13.2. The van der Waals surface area contributed by atoms with Crippen LogP contribution in [0.15, 0.2) is 30.3 Å². The standard InChI is InChI=1S/C13H15F3O/c1-9(2)11(17)12(3,13(14,15)16)10-7-5-4-6-8-10/h4-9H,1-3H3/t12-/m1/s1. The van der Waals surface area contributed by atoms with Gasteiger partial charge in [-0.05, 0) is 12.5 Å². The molecule has 0 aromatic heterocycles. The van der Waals surface area contributed by atoms with Gasteiger partial charge in [0.1, 0.15) is 5.41 Å². The molecule has 0 saturated heterocycles. The molecule has 1 atom stereocenters. The van der Waals surface area contributed by atoms with Gasteiger partial charge >= 0.3 is 6.18 Å². The largest absolute Gasteiger partial charge is 0.405 e. The van der Waals surface area contributed by atoms with E-state index in [2.05, 4.69) is 0 Å². The van der Waals surface area contributed by atoms with E-state index in [9.17, 15) is 18.0 Å². The van der Waals surface area contributed by atoms with Crippen LogP contribution in [-0.2, 0) is 10.2 Å². The van der Waals surface area contributed by atoms with Crippen LogP contribution in [-0.4, -0.2) is 12.0 Å². The highest BCUT2D eigenvalue weighted by molar-refractivity contribution is 5.92. The first-order chi connectivity index (χ1) is 7.71. The molecule has 0 unspecified atom stereocenters. The number of Topliss-reactive ketones (excluding diaryl/α,β-unsaturated/α-hetero) is 1. The molecule has 0 aliphatic rings. The van der Waals surface area contributed by atoms with Gasteiger partial charge in [-0.1, -0.05) is 44.2 Å². The van der Waals surface area contributed by atoms with Gasteiger partial charge in [-0.3, -0.25) is 4.79 Å². The summed E-state index contributed by atoms with van der Waals surface area (Å²) in [5.41, 5.74) is -2.44. The lowest BCUT2D eigenvalue weighted by Crippen LogP contribution is -2.48. The van der Waals surface area contributed by atoms with Gasteiger partial charge in [0.2, 0.25) is 0 Å². The first-order valence-electron chi connectivity index (χ1n) is 5.38. The summed E-state index contributed by atoms with van der Waals surface area (Å²) >= 11 is 0. The fourth-order valence-electron chi connectivity index (χ4n) is 1.79. The Morgan fingerprint density at radius 3 is 1.94 bits per heavy atom. The zero-order chi connectivity index (χ0) is 13.3. The molecule has 0 saturated carbocycles. The molecular formula is C13H15F3O. The fraction of sp³-hybridized carbons (Fsp3) is 0.462. The first-order valence-corrected chi connectivity index (χ1v) is 5.38. The molecule has 17 heavy (non-hydrogen) atoms. The third kappa shape index (κ3) is 2.35. The third-order valence-corrected chi connectivity index (χ3v) is 2.94. The van der Waals surface area contributed by atoms with Crippen molar-refractivity contribution in [3.8, 4) is 0 Å². The van der Waals surface area contributed by atoms with Crippen molar-refractivity contribution in [2.45, 2.75) is 32.4 Å². The first kappa shape index (κ1) is 13.7. The van der Waals surface area contributed by atoms with Gasteiger partial charge in [-0.15, -0.1) is 0 Å².